The van der Waals surface area contributed by atoms with E-state index >= 15 is 0 Å². The van der Waals surface area contributed by atoms with Crippen LogP contribution in [0.1, 0.15) is 47.0 Å². The van der Waals surface area contributed by atoms with Gasteiger partial charge >= 0.3 is 0 Å². The van der Waals surface area contributed by atoms with Gasteiger partial charge in [0.05, 0.1) is 0 Å². The summed E-state index contributed by atoms with van der Waals surface area (Å²) in [6.07, 6.45) is 8.05. The Hall–Kier alpha value is -0.300. The van der Waals surface area contributed by atoms with Gasteiger partial charge in [0.15, 0.2) is 0 Å². The summed E-state index contributed by atoms with van der Waals surface area (Å²) < 4.78 is 0. The van der Waals surface area contributed by atoms with Crippen LogP contribution in [0.3, 0.4) is 0 Å². The summed E-state index contributed by atoms with van der Waals surface area (Å²) in [4.78, 5) is 0. The van der Waals surface area contributed by atoms with Crippen molar-refractivity contribution in [2.24, 2.45) is 0 Å². The molecule has 0 saturated heterocycles. The monoisotopic (exact) mass is 171 g/mol. The molecular weight excluding hydrogens is 146 g/mol. The fraction of sp³-hybridized carbons (Fsp3) is 0.818. The zero-order chi connectivity index (χ0) is 9.66. The van der Waals surface area contributed by atoms with Crippen molar-refractivity contribution >= 4 is 0 Å². The number of rotatable bonds is 6. The highest BCUT2D eigenvalue weighted by molar-refractivity contribution is 4.77. The van der Waals surface area contributed by atoms with E-state index in [2.05, 4.69) is 31.3 Å². The first-order valence-corrected chi connectivity index (χ1v) is 5.23. The Morgan fingerprint density at radius 2 is 1.83 bits per heavy atom. The third-order valence-electron chi connectivity index (χ3n) is 1.43. The van der Waals surface area contributed by atoms with Gasteiger partial charge in [0.2, 0.25) is 0 Å². The van der Waals surface area contributed by atoms with E-state index in [4.69, 9.17) is 0 Å². The molecule has 0 amide bonds. The predicted molar refractivity (Wildman–Crippen MR) is 58.6 cm³/mol. The first-order chi connectivity index (χ1) is 5.91. The lowest BCUT2D eigenvalue weighted by molar-refractivity contribution is 0.645. The molecule has 0 fully saturated rings. The molecule has 1 heteroatoms. The van der Waals surface area contributed by atoms with Crippen LogP contribution in [0, 0.1) is 0 Å². The molecule has 0 aliphatic rings. The van der Waals surface area contributed by atoms with E-state index in [1.165, 1.54) is 25.8 Å². The molecule has 0 aromatic rings. The average Bonchev–Trinajstić information content (AvgIpc) is 2.15. The van der Waals surface area contributed by atoms with Gasteiger partial charge < -0.3 is 5.32 Å². The van der Waals surface area contributed by atoms with E-state index in [-0.39, 0.29) is 0 Å². The van der Waals surface area contributed by atoms with Crippen LogP contribution >= 0.6 is 0 Å². The van der Waals surface area contributed by atoms with Crippen LogP contribution in [0.25, 0.3) is 0 Å². The number of hydrogen-bond acceptors (Lipinski definition) is 1. The van der Waals surface area contributed by atoms with Gasteiger partial charge in [0.25, 0.3) is 0 Å². The Labute approximate surface area is 78.3 Å². The second kappa shape index (κ2) is 17.0. The molecule has 0 aliphatic carbocycles. The zero-order valence-electron chi connectivity index (χ0n) is 9.19. The Bertz CT molecular complexity index is 77.1. The maximum absolute atomic E-state index is 3.37. The summed E-state index contributed by atoms with van der Waals surface area (Å²) in [6, 6.07) is 0. The molecule has 0 unspecified atom stereocenters. The van der Waals surface area contributed by atoms with E-state index in [0.29, 0.717) is 0 Å². The maximum Gasteiger partial charge on any atom is -0.00143 e. The van der Waals surface area contributed by atoms with Gasteiger partial charge in [-0.25, -0.2) is 0 Å². The number of nitrogens with one attached hydrogen (secondary N) is 1. The van der Waals surface area contributed by atoms with E-state index < -0.39 is 0 Å². The first kappa shape index (κ1) is 14.2. The predicted octanol–water partition coefficient (Wildman–Crippen LogP) is 3.37. The van der Waals surface area contributed by atoms with E-state index in [0.717, 1.165) is 6.54 Å². The van der Waals surface area contributed by atoms with Gasteiger partial charge in [-0.1, -0.05) is 39.3 Å². The van der Waals surface area contributed by atoms with Gasteiger partial charge in [0, 0.05) is 0 Å². The minimum atomic E-state index is 1.13. The maximum atomic E-state index is 3.37. The summed E-state index contributed by atoms with van der Waals surface area (Å²) in [5, 5.41) is 3.37. The van der Waals surface area contributed by atoms with Crippen LogP contribution in [0.15, 0.2) is 12.2 Å². The summed E-state index contributed by atoms with van der Waals surface area (Å²) in [7, 11) is 0. The first-order valence-electron chi connectivity index (χ1n) is 5.23. The van der Waals surface area contributed by atoms with E-state index in [9.17, 15) is 0 Å². The Morgan fingerprint density at radius 3 is 2.33 bits per heavy atom. The van der Waals surface area contributed by atoms with Gasteiger partial charge in [-0.2, -0.15) is 0 Å². The molecule has 0 rings (SSSR count). The van der Waals surface area contributed by atoms with Gasteiger partial charge in [-0.3, -0.25) is 0 Å². The molecule has 0 radical (unpaired) electrons. The molecule has 0 bridgehead atoms. The molecular formula is C11H25N. The average molecular weight is 171 g/mol. The van der Waals surface area contributed by atoms with E-state index in [1.807, 2.05) is 13.8 Å². The highest BCUT2D eigenvalue weighted by Gasteiger charge is 1.82. The fourth-order valence-corrected chi connectivity index (χ4v) is 0.779. The fourth-order valence-electron chi connectivity index (χ4n) is 0.779. The largest absolute Gasteiger partial charge is 0.316 e. The number of allylic oxidation sites excluding steroid dienone is 1. The molecule has 0 heterocycles. The molecule has 0 aliphatic heterocycles. The zero-order valence-corrected chi connectivity index (χ0v) is 9.19. The molecule has 0 spiro atoms. The molecule has 0 aromatic carbocycles. The van der Waals surface area contributed by atoms with Crippen LogP contribution in [0.2, 0.25) is 0 Å². The molecule has 74 valence electrons. The lowest BCUT2D eigenvalue weighted by Gasteiger charge is -1.99. The quantitative estimate of drug-likeness (QED) is 0.477. The van der Waals surface area contributed by atoms with Crippen molar-refractivity contribution in [2.75, 3.05) is 13.1 Å². The highest BCUT2D eigenvalue weighted by Crippen LogP contribution is 1.83. The van der Waals surface area contributed by atoms with Crippen LogP contribution in [-0.2, 0) is 0 Å². The van der Waals surface area contributed by atoms with Crippen LogP contribution in [-0.4, -0.2) is 13.1 Å². The topological polar surface area (TPSA) is 12.0 Å². The Morgan fingerprint density at radius 1 is 1.17 bits per heavy atom. The minimum absolute atomic E-state index is 1.13. The summed E-state index contributed by atoms with van der Waals surface area (Å²) in [6.45, 7) is 10.6. The number of unbranched alkanes of at least 4 members (excludes halogenated alkanes) is 1. The summed E-state index contributed by atoms with van der Waals surface area (Å²) in [5.74, 6) is 0. The van der Waals surface area contributed by atoms with Crippen molar-refractivity contribution < 1.29 is 0 Å². The summed E-state index contributed by atoms with van der Waals surface area (Å²) >= 11 is 0. The Kier molecular flexibility index (Phi) is 20.1. The lowest BCUT2D eigenvalue weighted by Crippen LogP contribution is -2.15. The number of hydrogen-bond donors (Lipinski definition) is 1. The van der Waals surface area contributed by atoms with Crippen LogP contribution < -0.4 is 5.32 Å². The highest BCUT2D eigenvalue weighted by atomic mass is 14.8. The smallest absolute Gasteiger partial charge is 0.00143 e. The summed E-state index contributed by atoms with van der Waals surface area (Å²) in [5.41, 5.74) is 0. The van der Waals surface area contributed by atoms with Crippen molar-refractivity contribution in [3.8, 4) is 0 Å². The molecule has 0 atom stereocenters. The molecule has 0 saturated carbocycles. The molecule has 1 N–H and O–H groups in total. The third kappa shape index (κ3) is 16.4. The van der Waals surface area contributed by atoms with Crippen LogP contribution in [0.5, 0.6) is 0 Å². The van der Waals surface area contributed by atoms with Gasteiger partial charge in [-0.05, 0) is 32.9 Å². The van der Waals surface area contributed by atoms with Crippen molar-refractivity contribution in [1.29, 1.82) is 0 Å². The van der Waals surface area contributed by atoms with Crippen molar-refractivity contribution in [2.45, 2.75) is 47.0 Å². The van der Waals surface area contributed by atoms with Gasteiger partial charge in [-0.15, -0.1) is 0 Å². The molecule has 0 aromatic heterocycles. The van der Waals surface area contributed by atoms with E-state index in [1.54, 1.807) is 0 Å². The standard InChI is InChI=1S/C9H19N.C2H6/c1-3-5-7-9-10-8-6-4-2;1-2/h3,5,10H,4,6-9H2,1-2H3;1-2H3/b5-3-;. The van der Waals surface area contributed by atoms with Crippen molar-refractivity contribution in [1.82, 2.24) is 5.32 Å². The minimum Gasteiger partial charge on any atom is -0.316 e. The second-order valence-electron chi connectivity index (χ2n) is 2.46. The lowest BCUT2D eigenvalue weighted by atomic mass is 10.3. The van der Waals surface area contributed by atoms with Crippen molar-refractivity contribution in [3.63, 3.8) is 0 Å². The van der Waals surface area contributed by atoms with Gasteiger partial charge in [0.1, 0.15) is 0 Å². The molecule has 12 heavy (non-hydrogen) atoms. The third-order valence-corrected chi connectivity index (χ3v) is 1.43. The molecule has 1 nitrogen and oxygen atoms in total. The Balaban J connectivity index is 0. The van der Waals surface area contributed by atoms with Crippen LogP contribution in [0.4, 0.5) is 0 Å². The second-order valence-corrected chi connectivity index (χ2v) is 2.46. The SMILES string of the molecule is C/C=C\CCNCCCC.CC. The normalized spacial score (nSPS) is 9.67. The van der Waals surface area contributed by atoms with Crippen molar-refractivity contribution in [3.05, 3.63) is 12.2 Å².